The van der Waals surface area contributed by atoms with E-state index in [0.29, 0.717) is 25.8 Å². The van der Waals surface area contributed by atoms with Crippen LogP contribution >= 0.6 is 0 Å². The van der Waals surface area contributed by atoms with Gasteiger partial charge in [-0.25, -0.2) is 0 Å². The second-order valence-electron chi connectivity index (χ2n) is 9.01. The number of hydrogen-bond donors (Lipinski definition) is 3. The van der Waals surface area contributed by atoms with E-state index in [0.717, 1.165) is 5.56 Å². The van der Waals surface area contributed by atoms with Gasteiger partial charge in [0, 0.05) is 25.4 Å². The van der Waals surface area contributed by atoms with Gasteiger partial charge in [-0.1, -0.05) is 44.2 Å². The molecular formula is C24H36N4O4. The molecule has 8 nitrogen and oxygen atoms in total. The highest BCUT2D eigenvalue weighted by molar-refractivity contribution is 5.92. The number of hydrogen-bond acceptors (Lipinski definition) is 4. The van der Waals surface area contributed by atoms with Gasteiger partial charge in [-0.3, -0.25) is 19.2 Å². The van der Waals surface area contributed by atoms with Crippen LogP contribution < -0.4 is 16.0 Å². The lowest BCUT2D eigenvalue weighted by atomic mass is 10.0. The molecule has 1 aliphatic rings. The Morgan fingerprint density at radius 1 is 0.969 bits per heavy atom. The molecule has 0 unspecified atom stereocenters. The predicted molar refractivity (Wildman–Crippen MR) is 123 cm³/mol. The molecule has 0 saturated carbocycles. The second kappa shape index (κ2) is 12.2. The fourth-order valence-electron chi connectivity index (χ4n) is 3.78. The van der Waals surface area contributed by atoms with E-state index in [1.165, 1.54) is 4.90 Å². The Morgan fingerprint density at radius 2 is 1.66 bits per heavy atom. The van der Waals surface area contributed by atoms with Gasteiger partial charge in [-0.05, 0) is 38.2 Å². The molecule has 3 atom stereocenters. The van der Waals surface area contributed by atoms with Crippen LogP contribution in [0.3, 0.4) is 0 Å². The second-order valence-corrected chi connectivity index (χ2v) is 9.01. The number of carbonyl (C=O) groups excluding carboxylic acids is 4. The summed E-state index contributed by atoms with van der Waals surface area (Å²) in [6.45, 7) is 7.62. The molecule has 8 heteroatoms. The molecule has 1 aromatic rings. The Kier molecular flexibility index (Phi) is 9.68. The summed E-state index contributed by atoms with van der Waals surface area (Å²) in [4.78, 5) is 52.5. The van der Waals surface area contributed by atoms with Crippen LogP contribution in [0.2, 0.25) is 0 Å². The number of carbonyl (C=O) groups is 4. The zero-order chi connectivity index (χ0) is 23.7. The summed E-state index contributed by atoms with van der Waals surface area (Å²) in [5.74, 6) is -1.06. The Hall–Kier alpha value is -2.90. The molecule has 0 aliphatic carbocycles. The molecule has 32 heavy (non-hydrogen) atoms. The van der Waals surface area contributed by atoms with E-state index < -0.39 is 18.0 Å². The van der Waals surface area contributed by atoms with Crippen molar-refractivity contribution in [3.63, 3.8) is 0 Å². The SMILES string of the molecule is CC(C)CN1CC(=O)N[C@@H](Cc2ccccc2)C(=O)N[C@H](C)CCCC(=O)N[C@@H](C)C1=O. The van der Waals surface area contributed by atoms with E-state index in [1.807, 2.05) is 51.1 Å². The van der Waals surface area contributed by atoms with E-state index in [2.05, 4.69) is 16.0 Å². The van der Waals surface area contributed by atoms with Gasteiger partial charge in [0.25, 0.3) is 0 Å². The quantitative estimate of drug-likeness (QED) is 0.652. The molecule has 2 rings (SSSR count). The van der Waals surface area contributed by atoms with Crippen LogP contribution in [0.25, 0.3) is 0 Å². The molecule has 1 aliphatic heterocycles. The first-order valence-electron chi connectivity index (χ1n) is 11.4. The van der Waals surface area contributed by atoms with Gasteiger partial charge in [0.2, 0.25) is 23.6 Å². The van der Waals surface area contributed by atoms with E-state index in [-0.39, 0.29) is 42.6 Å². The van der Waals surface area contributed by atoms with Gasteiger partial charge in [0.05, 0.1) is 6.54 Å². The minimum absolute atomic E-state index is 0.140. The summed E-state index contributed by atoms with van der Waals surface area (Å²) in [6, 6.07) is 7.86. The van der Waals surface area contributed by atoms with Gasteiger partial charge < -0.3 is 20.9 Å². The highest BCUT2D eigenvalue weighted by atomic mass is 16.2. The Balaban J connectivity index is 2.26. The molecule has 1 heterocycles. The number of nitrogens with zero attached hydrogens (tertiary/aromatic N) is 1. The third kappa shape index (κ3) is 8.32. The van der Waals surface area contributed by atoms with E-state index in [1.54, 1.807) is 6.92 Å². The van der Waals surface area contributed by atoms with Crippen molar-refractivity contribution in [3.05, 3.63) is 35.9 Å². The number of amides is 4. The van der Waals surface area contributed by atoms with E-state index in [4.69, 9.17) is 0 Å². The fraction of sp³-hybridized carbons (Fsp3) is 0.583. The average Bonchev–Trinajstić information content (AvgIpc) is 2.72. The summed E-state index contributed by atoms with van der Waals surface area (Å²) < 4.78 is 0. The zero-order valence-electron chi connectivity index (χ0n) is 19.5. The smallest absolute Gasteiger partial charge is 0.245 e. The van der Waals surface area contributed by atoms with Crippen LogP contribution in [0.4, 0.5) is 0 Å². The number of benzene rings is 1. The molecule has 0 aromatic heterocycles. The highest BCUT2D eigenvalue weighted by Gasteiger charge is 2.28. The van der Waals surface area contributed by atoms with Crippen molar-refractivity contribution >= 4 is 23.6 Å². The van der Waals surface area contributed by atoms with Gasteiger partial charge in [0.15, 0.2) is 0 Å². The van der Waals surface area contributed by atoms with Crippen LogP contribution in [0.1, 0.15) is 52.5 Å². The minimum atomic E-state index is -0.759. The highest BCUT2D eigenvalue weighted by Crippen LogP contribution is 2.08. The van der Waals surface area contributed by atoms with Gasteiger partial charge in [0.1, 0.15) is 12.1 Å². The fourth-order valence-corrected chi connectivity index (χ4v) is 3.78. The lowest BCUT2D eigenvalue weighted by Crippen LogP contribution is -2.54. The maximum absolute atomic E-state index is 13.0. The first-order valence-corrected chi connectivity index (χ1v) is 11.4. The first-order chi connectivity index (χ1) is 15.2. The topological polar surface area (TPSA) is 108 Å². The monoisotopic (exact) mass is 444 g/mol. The zero-order valence-corrected chi connectivity index (χ0v) is 19.5. The van der Waals surface area contributed by atoms with Gasteiger partial charge in [-0.2, -0.15) is 0 Å². The van der Waals surface area contributed by atoms with Gasteiger partial charge in [-0.15, -0.1) is 0 Å². The molecule has 0 bridgehead atoms. The minimum Gasteiger partial charge on any atom is -0.352 e. The molecule has 1 fully saturated rings. The average molecular weight is 445 g/mol. The van der Waals surface area contributed by atoms with Crippen LogP contribution in [0.15, 0.2) is 30.3 Å². The van der Waals surface area contributed by atoms with Crippen molar-refractivity contribution in [2.75, 3.05) is 13.1 Å². The predicted octanol–water partition coefficient (Wildman–Crippen LogP) is 1.39. The maximum Gasteiger partial charge on any atom is 0.245 e. The molecule has 0 radical (unpaired) electrons. The van der Waals surface area contributed by atoms with Crippen LogP contribution in [0, 0.1) is 5.92 Å². The molecule has 176 valence electrons. The third-order valence-electron chi connectivity index (χ3n) is 5.34. The number of nitrogens with one attached hydrogen (secondary N) is 3. The van der Waals surface area contributed by atoms with Crippen molar-refractivity contribution in [2.24, 2.45) is 5.92 Å². The summed E-state index contributed by atoms with van der Waals surface area (Å²) in [7, 11) is 0. The molecule has 3 N–H and O–H groups in total. The van der Waals surface area contributed by atoms with E-state index >= 15 is 0 Å². The molecule has 0 spiro atoms. The van der Waals surface area contributed by atoms with Crippen molar-refractivity contribution in [1.29, 1.82) is 0 Å². The summed E-state index contributed by atoms with van der Waals surface area (Å²) in [6.07, 6.45) is 1.82. The summed E-state index contributed by atoms with van der Waals surface area (Å²) >= 11 is 0. The Morgan fingerprint density at radius 3 is 2.31 bits per heavy atom. The van der Waals surface area contributed by atoms with Crippen molar-refractivity contribution in [1.82, 2.24) is 20.9 Å². The van der Waals surface area contributed by atoms with E-state index in [9.17, 15) is 19.2 Å². The Labute approximate surface area is 190 Å². The van der Waals surface area contributed by atoms with Crippen LogP contribution in [-0.2, 0) is 25.6 Å². The largest absolute Gasteiger partial charge is 0.352 e. The lowest BCUT2D eigenvalue weighted by Gasteiger charge is -2.28. The van der Waals surface area contributed by atoms with Gasteiger partial charge >= 0.3 is 0 Å². The molecular weight excluding hydrogens is 408 g/mol. The maximum atomic E-state index is 13.0. The summed E-state index contributed by atoms with van der Waals surface area (Å²) in [5.41, 5.74) is 0.928. The lowest BCUT2D eigenvalue weighted by molar-refractivity contribution is -0.140. The third-order valence-corrected chi connectivity index (χ3v) is 5.34. The molecule has 1 saturated heterocycles. The normalized spacial score (nSPS) is 24.3. The van der Waals surface area contributed by atoms with Crippen molar-refractivity contribution in [2.45, 2.75) is 71.5 Å². The first kappa shape index (κ1) is 25.4. The van der Waals surface area contributed by atoms with Crippen LogP contribution in [-0.4, -0.2) is 59.7 Å². The molecule has 1 aromatic carbocycles. The van der Waals surface area contributed by atoms with Crippen molar-refractivity contribution in [3.8, 4) is 0 Å². The Bertz CT molecular complexity index is 796. The summed E-state index contributed by atoms with van der Waals surface area (Å²) in [5, 5.41) is 8.50. The standard InChI is InChI=1S/C24H36N4O4/c1-16(2)14-28-15-22(30)27-20(13-19-10-6-5-7-11-19)23(31)25-17(3)9-8-12-21(29)26-18(4)24(28)32/h5-7,10-11,16-18,20H,8-9,12-15H2,1-4H3,(H,25,31)(H,26,29)(H,27,30)/t17-,18+,20+/m1/s1. The van der Waals surface area contributed by atoms with Crippen LogP contribution in [0.5, 0.6) is 0 Å². The number of rotatable bonds is 4. The van der Waals surface area contributed by atoms with Crippen molar-refractivity contribution < 1.29 is 19.2 Å². The molecule has 4 amide bonds.